The first-order valence-electron chi connectivity index (χ1n) is 5.13. The molecule has 1 aromatic rings. The first-order chi connectivity index (χ1) is 8.50. The number of benzene rings is 1. The van der Waals surface area contributed by atoms with Gasteiger partial charge in [0.25, 0.3) is 5.91 Å². The van der Waals surface area contributed by atoms with Crippen LogP contribution in [0.2, 0.25) is 0 Å². The molecule has 0 radical (unpaired) electrons. The number of rotatable bonds is 6. The molecule has 1 aromatic carbocycles. The SMILES string of the molecule is NC(=O)COCCNC(=O)c1ccc(Br)cc1O. The van der Waals surface area contributed by atoms with E-state index in [1.54, 1.807) is 6.07 Å². The van der Waals surface area contributed by atoms with Crippen LogP contribution in [0.5, 0.6) is 5.75 Å². The van der Waals surface area contributed by atoms with Crippen LogP contribution in [-0.2, 0) is 9.53 Å². The molecule has 0 aliphatic carbocycles. The van der Waals surface area contributed by atoms with Gasteiger partial charge in [-0.3, -0.25) is 9.59 Å². The molecule has 4 N–H and O–H groups in total. The lowest BCUT2D eigenvalue weighted by atomic mass is 10.2. The summed E-state index contributed by atoms with van der Waals surface area (Å²) in [7, 11) is 0. The number of nitrogens with two attached hydrogens (primary N) is 1. The molecule has 1 rings (SSSR count). The van der Waals surface area contributed by atoms with Crippen LogP contribution >= 0.6 is 15.9 Å². The number of hydrogen-bond donors (Lipinski definition) is 3. The number of carbonyl (C=O) groups excluding carboxylic acids is 2. The van der Waals surface area contributed by atoms with E-state index in [0.717, 1.165) is 0 Å². The standard InChI is InChI=1S/C11H13BrN2O4/c12-7-1-2-8(9(15)5-7)11(17)14-3-4-18-6-10(13)16/h1-2,5,15H,3-4,6H2,(H2,13,16)(H,14,17). The molecule has 2 amide bonds. The van der Waals surface area contributed by atoms with Crippen molar-refractivity contribution in [1.29, 1.82) is 0 Å². The Hall–Kier alpha value is -1.60. The molecule has 0 heterocycles. The molecule has 0 aliphatic rings. The Balaban J connectivity index is 2.39. The normalized spacial score (nSPS) is 10.1. The molecule has 0 fully saturated rings. The van der Waals surface area contributed by atoms with Gasteiger partial charge >= 0.3 is 0 Å². The van der Waals surface area contributed by atoms with E-state index in [1.807, 2.05) is 0 Å². The van der Waals surface area contributed by atoms with Crippen LogP contribution in [0.3, 0.4) is 0 Å². The number of aromatic hydroxyl groups is 1. The minimum atomic E-state index is -0.563. The zero-order chi connectivity index (χ0) is 13.5. The highest BCUT2D eigenvalue weighted by Crippen LogP contribution is 2.21. The number of carbonyl (C=O) groups is 2. The highest BCUT2D eigenvalue weighted by atomic mass is 79.9. The minimum Gasteiger partial charge on any atom is -0.507 e. The minimum absolute atomic E-state index is 0.111. The number of ether oxygens (including phenoxy) is 1. The Morgan fingerprint density at radius 1 is 1.44 bits per heavy atom. The van der Waals surface area contributed by atoms with Gasteiger partial charge in [-0.1, -0.05) is 15.9 Å². The van der Waals surface area contributed by atoms with Gasteiger partial charge < -0.3 is 20.9 Å². The van der Waals surface area contributed by atoms with Crippen LogP contribution in [0.15, 0.2) is 22.7 Å². The molecule has 6 nitrogen and oxygen atoms in total. The molecule has 0 aromatic heterocycles. The number of amides is 2. The highest BCUT2D eigenvalue weighted by molar-refractivity contribution is 9.10. The summed E-state index contributed by atoms with van der Waals surface area (Å²) in [6, 6.07) is 4.58. The van der Waals surface area contributed by atoms with Gasteiger partial charge in [-0.15, -0.1) is 0 Å². The summed E-state index contributed by atoms with van der Waals surface area (Å²) < 4.78 is 5.55. The summed E-state index contributed by atoms with van der Waals surface area (Å²) in [6.07, 6.45) is 0. The largest absolute Gasteiger partial charge is 0.507 e. The fraction of sp³-hybridized carbons (Fsp3) is 0.273. The maximum absolute atomic E-state index is 11.6. The number of hydrogen-bond acceptors (Lipinski definition) is 4. The van der Waals surface area contributed by atoms with Gasteiger partial charge in [0, 0.05) is 11.0 Å². The lowest BCUT2D eigenvalue weighted by molar-refractivity contribution is -0.122. The lowest BCUT2D eigenvalue weighted by Crippen LogP contribution is -2.28. The zero-order valence-corrected chi connectivity index (χ0v) is 11.1. The molecule has 0 bridgehead atoms. The van der Waals surface area contributed by atoms with Crippen LogP contribution in [0.25, 0.3) is 0 Å². The summed E-state index contributed by atoms with van der Waals surface area (Å²) in [5.41, 5.74) is 5.04. The van der Waals surface area contributed by atoms with Gasteiger partial charge in [-0.05, 0) is 18.2 Å². The molecule has 0 spiro atoms. The van der Waals surface area contributed by atoms with Gasteiger partial charge in [-0.2, -0.15) is 0 Å². The Labute approximate surface area is 112 Å². The van der Waals surface area contributed by atoms with Crippen molar-refractivity contribution in [2.24, 2.45) is 5.73 Å². The Bertz CT molecular complexity index is 451. The predicted octanol–water partition coefficient (Wildman–Crippen LogP) is 0.386. The summed E-state index contributed by atoms with van der Waals surface area (Å²) in [6.45, 7) is 0.215. The van der Waals surface area contributed by atoms with E-state index >= 15 is 0 Å². The third-order valence-electron chi connectivity index (χ3n) is 1.98. The fourth-order valence-electron chi connectivity index (χ4n) is 1.20. The summed E-state index contributed by atoms with van der Waals surface area (Å²) in [4.78, 5) is 22.0. The second kappa shape index (κ2) is 6.97. The van der Waals surface area contributed by atoms with E-state index < -0.39 is 11.8 Å². The van der Waals surface area contributed by atoms with Crippen LogP contribution in [0.4, 0.5) is 0 Å². The van der Waals surface area contributed by atoms with Crippen molar-refractivity contribution in [1.82, 2.24) is 5.32 Å². The Morgan fingerprint density at radius 3 is 2.78 bits per heavy atom. The van der Waals surface area contributed by atoms with Gasteiger partial charge in [-0.25, -0.2) is 0 Å². The fourth-order valence-corrected chi connectivity index (χ4v) is 1.55. The Morgan fingerprint density at radius 2 is 2.17 bits per heavy atom. The number of nitrogens with one attached hydrogen (secondary N) is 1. The third kappa shape index (κ3) is 4.72. The van der Waals surface area contributed by atoms with Crippen molar-refractivity contribution in [2.75, 3.05) is 19.8 Å². The molecule has 7 heteroatoms. The molecule has 98 valence electrons. The number of halogens is 1. The summed E-state index contributed by atoms with van der Waals surface area (Å²) in [5.74, 6) is -1.09. The van der Waals surface area contributed by atoms with Crippen molar-refractivity contribution in [3.05, 3.63) is 28.2 Å². The van der Waals surface area contributed by atoms with E-state index in [2.05, 4.69) is 21.2 Å². The van der Waals surface area contributed by atoms with E-state index in [9.17, 15) is 14.7 Å². The molecule has 0 unspecified atom stereocenters. The lowest BCUT2D eigenvalue weighted by Gasteiger charge is -2.07. The van der Waals surface area contributed by atoms with Crippen LogP contribution in [-0.4, -0.2) is 36.7 Å². The number of phenols is 1. The first kappa shape index (κ1) is 14.5. The summed E-state index contributed by atoms with van der Waals surface area (Å²) >= 11 is 3.18. The average molecular weight is 317 g/mol. The van der Waals surface area contributed by atoms with Crippen LogP contribution in [0.1, 0.15) is 10.4 Å². The second-order valence-electron chi connectivity index (χ2n) is 3.44. The predicted molar refractivity (Wildman–Crippen MR) is 68.2 cm³/mol. The van der Waals surface area contributed by atoms with Crippen molar-refractivity contribution in [2.45, 2.75) is 0 Å². The monoisotopic (exact) mass is 316 g/mol. The molecule has 18 heavy (non-hydrogen) atoms. The van der Waals surface area contributed by atoms with Crippen LogP contribution < -0.4 is 11.1 Å². The first-order valence-corrected chi connectivity index (χ1v) is 5.93. The second-order valence-corrected chi connectivity index (χ2v) is 4.35. The van der Waals surface area contributed by atoms with Crippen molar-refractivity contribution >= 4 is 27.7 Å². The zero-order valence-electron chi connectivity index (χ0n) is 9.48. The van der Waals surface area contributed by atoms with E-state index in [-0.39, 0.29) is 31.1 Å². The highest BCUT2D eigenvalue weighted by Gasteiger charge is 2.10. The topological polar surface area (TPSA) is 102 Å². The molecular weight excluding hydrogens is 304 g/mol. The van der Waals surface area contributed by atoms with Crippen molar-refractivity contribution in [3.8, 4) is 5.75 Å². The molecule has 0 aliphatic heterocycles. The van der Waals surface area contributed by atoms with Gasteiger partial charge in [0.15, 0.2) is 0 Å². The van der Waals surface area contributed by atoms with Crippen molar-refractivity contribution < 1.29 is 19.4 Å². The molecule has 0 saturated heterocycles. The van der Waals surface area contributed by atoms with E-state index in [1.165, 1.54) is 12.1 Å². The maximum Gasteiger partial charge on any atom is 0.255 e. The van der Waals surface area contributed by atoms with Gasteiger partial charge in [0.2, 0.25) is 5.91 Å². The van der Waals surface area contributed by atoms with E-state index in [4.69, 9.17) is 10.5 Å². The van der Waals surface area contributed by atoms with Gasteiger partial charge in [0.1, 0.15) is 12.4 Å². The average Bonchev–Trinajstić information content (AvgIpc) is 2.27. The van der Waals surface area contributed by atoms with Gasteiger partial charge in [0.05, 0.1) is 12.2 Å². The molecule has 0 atom stereocenters. The maximum atomic E-state index is 11.6. The van der Waals surface area contributed by atoms with Crippen molar-refractivity contribution in [3.63, 3.8) is 0 Å². The molecule has 0 saturated carbocycles. The number of phenolic OH excluding ortho intramolecular Hbond substituents is 1. The molecular formula is C11H13BrN2O4. The van der Waals surface area contributed by atoms with E-state index in [0.29, 0.717) is 4.47 Å². The van der Waals surface area contributed by atoms with Crippen LogP contribution in [0, 0.1) is 0 Å². The number of primary amides is 1. The summed E-state index contributed by atoms with van der Waals surface area (Å²) in [5, 5.41) is 12.1. The quantitative estimate of drug-likeness (QED) is 0.660. The third-order valence-corrected chi connectivity index (χ3v) is 2.47. The smallest absolute Gasteiger partial charge is 0.255 e. The Kier molecular flexibility index (Phi) is 5.60.